The molecule has 5 rings (SSSR count). The second-order valence-corrected chi connectivity index (χ2v) is 9.36. The first kappa shape index (κ1) is 22.0. The Bertz CT molecular complexity index is 1070. The molecule has 2 aliphatic heterocycles. The van der Waals surface area contributed by atoms with Gasteiger partial charge in [-0.2, -0.15) is 10.2 Å². The van der Waals surface area contributed by atoms with Crippen LogP contribution >= 0.6 is 11.6 Å². The maximum absolute atomic E-state index is 14.0. The Morgan fingerprint density at radius 1 is 1.21 bits per heavy atom. The number of halogens is 1. The summed E-state index contributed by atoms with van der Waals surface area (Å²) in [6.45, 7) is 0.127. The van der Waals surface area contributed by atoms with E-state index in [0.717, 1.165) is 32.1 Å². The molecule has 2 aromatic rings. The average Bonchev–Trinajstić information content (AvgIpc) is 3.52. The number of ether oxygens (including phenoxy) is 1. The molecule has 4 heterocycles. The number of primary amides is 1. The highest BCUT2D eigenvalue weighted by Gasteiger charge is 2.54. The van der Waals surface area contributed by atoms with Gasteiger partial charge in [0.05, 0.1) is 29.3 Å². The molecule has 1 saturated carbocycles. The number of aromatic nitrogens is 3. The van der Waals surface area contributed by atoms with Gasteiger partial charge < -0.3 is 19.8 Å². The highest BCUT2D eigenvalue weighted by molar-refractivity contribution is 6.22. The van der Waals surface area contributed by atoms with Crippen LogP contribution in [0.25, 0.3) is 11.5 Å². The van der Waals surface area contributed by atoms with E-state index in [4.69, 9.17) is 26.5 Å². The molecule has 2 saturated heterocycles. The van der Waals surface area contributed by atoms with Gasteiger partial charge >= 0.3 is 0 Å². The molecule has 1 aliphatic carbocycles. The maximum Gasteiger partial charge on any atom is 0.286 e. The first-order valence-corrected chi connectivity index (χ1v) is 11.6. The number of carbonyl (C=O) groups excluding carboxylic acids is 3. The van der Waals surface area contributed by atoms with Crippen LogP contribution in [0.3, 0.4) is 0 Å². The number of hydrogen-bond donors (Lipinski definition) is 1. The summed E-state index contributed by atoms with van der Waals surface area (Å²) in [5.74, 6) is -2.14. The number of hydrogen-bond acceptors (Lipinski definition) is 8. The number of nitrogens with two attached hydrogens (primary N) is 1. The van der Waals surface area contributed by atoms with Crippen LogP contribution < -0.4 is 5.73 Å². The molecule has 0 spiro atoms. The van der Waals surface area contributed by atoms with Gasteiger partial charge in [-0.3, -0.25) is 14.4 Å². The summed E-state index contributed by atoms with van der Waals surface area (Å²) in [7, 11) is 0. The molecular weight excluding hydrogens is 450 g/mol. The third-order valence-electron chi connectivity index (χ3n) is 6.80. The zero-order valence-electron chi connectivity index (χ0n) is 17.9. The fourth-order valence-electron chi connectivity index (χ4n) is 5.27. The lowest BCUT2D eigenvalue weighted by molar-refractivity contribution is -0.139. The number of ketones is 1. The predicted molar refractivity (Wildman–Crippen MR) is 115 cm³/mol. The Hall–Kier alpha value is -2.85. The lowest BCUT2D eigenvalue weighted by Crippen LogP contribution is -2.46. The van der Waals surface area contributed by atoms with E-state index in [1.807, 2.05) is 0 Å². The topological polar surface area (TPSA) is 142 Å². The molecule has 0 radical (unpaired) electrons. The normalized spacial score (nSPS) is 26.4. The molecule has 0 bridgehead atoms. The summed E-state index contributed by atoms with van der Waals surface area (Å²) in [5.41, 5.74) is 6.35. The molecule has 174 valence electrons. The Balaban J connectivity index is 1.57. The van der Waals surface area contributed by atoms with E-state index in [-0.39, 0.29) is 48.1 Å². The molecule has 3 fully saturated rings. The molecular formula is C22H24ClN5O5. The average molecular weight is 474 g/mol. The Morgan fingerprint density at radius 3 is 2.70 bits per heavy atom. The van der Waals surface area contributed by atoms with Crippen molar-refractivity contribution in [2.45, 2.75) is 55.5 Å². The zero-order chi connectivity index (χ0) is 23.1. The van der Waals surface area contributed by atoms with Crippen molar-refractivity contribution in [3.05, 3.63) is 29.9 Å². The van der Waals surface area contributed by atoms with Crippen LogP contribution in [0.5, 0.6) is 0 Å². The van der Waals surface area contributed by atoms with Gasteiger partial charge in [-0.1, -0.05) is 19.3 Å². The summed E-state index contributed by atoms with van der Waals surface area (Å²) in [6, 6.07) is 0.918. The summed E-state index contributed by atoms with van der Waals surface area (Å²) in [5, 5.41) is 7.08. The Labute approximate surface area is 194 Å². The number of rotatable bonds is 5. The van der Waals surface area contributed by atoms with Gasteiger partial charge in [0.1, 0.15) is 24.4 Å². The van der Waals surface area contributed by atoms with E-state index in [0.29, 0.717) is 5.56 Å². The smallest absolute Gasteiger partial charge is 0.286 e. The van der Waals surface area contributed by atoms with Gasteiger partial charge in [0.2, 0.25) is 17.6 Å². The van der Waals surface area contributed by atoms with Crippen molar-refractivity contribution in [3.63, 3.8) is 0 Å². The monoisotopic (exact) mass is 473 g/mol. The summed E-state index contributed by atoms with van der Waals surface area (Å²) >= 11 is 6.43. The van der Waals surface area contributed by atoms with E-state index in [1.165, 1.54) is 17.3 Å². The van der Waals surface area contributed by atoms with Crippen LogP contribution in [0.15, 0.2) is 22.9 Å². The van der Waals surface area contributed by atoms with Crippen LogP contribution in [0.1, 0.15) is 54.3 Å². The first-order valence-electron chi connectivity index (χ1n) is 11.1. The number of oxazole rings is 1. The largest absolute Gasteiger partial charge is 0.431 e. The Kier molecular flexibility index (Phi) is 5.88. The lowest BCUT2D eigenvalue weighted by Gasteiger charge is -2.33. The third-order valence-corrected chi connectivity index (χ3v) is 7.18. The second kappa shape index (κ2) is 8.83. The molecule has 0 aromatic carbocycles. The van der Waals surface area contributed by atoms with Gasteiger partial charge in [0.15, 0.2) is 5.78 Å². The van der Waals surface area contributed by atoms with Crippen molar-refractivity contribution in [3.8, 4) is 11.5 Å². The second-order valence-electron chi connectivity index (χ2n) is 8.80. The van der Waals surface area contributed by atoms with Crippen molar-refractivity contribution >= 4 is 29.2 Å². The zero-order valence-corrected chi connectivity index (χ0v) is 18.6. The summed E-state index contributed by atoms with van der Waals surface area (Å²) in [4.78, 5) is 44.9. The molecule has 33 heavy (non-hydrogen) atoms. The number of alkyl halides is 1. The number of amides is 2. The van der Waals surface area contributed by atoms with Crippen LogP contribution in [-0.4, -0.2) is 68.4 Å². The van der Waals surface area contributed by atoms with Gasteiger partial charge in [0.25, 0.3) is 5.91 Å². The quantitative estimate of drug-likeness (QED) is 0.646. The van der Waals surface area contributed by atoms with Gasteiger partial charge in [-0.15, -0.1) is 11.6 Å². The van der Waals surface area contributed by atoms with E-state index in [1.54, 1.807) is 6.07 Å². The van der Waals surface area contributed by atoms with Gasteiger partial charge in [-0.25, -0.2) is 4.98 Å². The lowest BCUT2D eigenvalue weighted by atomic mass is 9.77. The molecule has 2 amide bonds. The fourth-order valence-corrected chi connectivity index (χ4v) is 5.63. The number of carbonyl (C=O) groups is 3. The summed E-state index contributed by atoms with van der Waals surface area (Å²) in [6.07, 6.45) is 7.00. The van der Waals surface area contributed by atoms with Crippen molar-refractivity contribution in [2.24, 2.45) is 11.7 Å². The summed E-state index contributed by atoms with van der Waals surface area (Å²) < 4.78 is 11.3. The molecule has 0 unspecified atom stereocenters. The highest BCUT2D eigenvalue weighted by atomic mass is 35.5. The molecule has 4 atom stereocenters. The van der Waals surface area contributed by atoms with Crippen molar-refractivity contribution < 1.29 is 23.5 Å². The van der Waals surface area contributed by atoms with Crippen LogP contribution in [-0.2, 0) is 14.3 Å². The molecule has 11 heteroatoms. The van der Waals surface area contributed by atoms with E-state index in [9.17, 15) is 14.4 Å². The van der Waals surface area contributed by atoms with Crippen molar-refractivity contribution in [1.29, 1.82) is 0 Å². The number of likely N-dealkylation sites (tertiary alicyclic amines) is 1. The van der Waals surface area contributed by atoms with Gasteiger partial charge in [-0.05, 0) is 24.8 Å². The fraction of sp³-hybridized carbons (Fsp3) is 0.545. The van der Waals surface area contributed by atoms with Crippen LogP contribution in [0.2, 0.25) is 0 Å². The van der Waals surface area contributed by atoms with Crippen LogP contribution in [0.4, 0.5) is 0 Å². The van der Waals surface area contributed by atoms with Gasteiger partial charge in [0, 0.05) is 6.54 Å². The van der Waals surface area contributed by atoms with Crippen molar-refractivity contribution in [2.75, 3.05) is 13.2 Å². The molecule has 2 aromatic heterocycles. The van der Waals surface area contributed by atoms with E-state index >= 15 is 0 Å². The highest BCUT2D eigenvalue weighted by Crippen LogP contribution is 2.42. The molecule has 2 N–H and O–H groups in total. The SMILES string of the molecule is NC(=O)c1oc(-c2ccnnc2)nc1[C@@H](C(=O)N1C[C@H](Cl)[C@H]2OCC(=O)[C@H]21)C1CCCCC1. The van der Waals surface area contributed by atoms with Crippen molar-refractivity contribution in [1.82, 2.24) is 20.1 Å². The number of fused-ring (bicyclic) bond motifs is 1. The molecule has 10 nitrogen and oxygen atoms in total. The minimum atomic E-state index is -0.811. The van der Waals surface area contributed by atoms with E-state index < -0.39 is 29.3 Å². The minimum Gasteiger partial charge on any atom is -0.431 e. The predicted octanol–water partition coefficient (Wildman–Crippen LogP) is 1.68. The van der Waals surface area contributed by atoms with E-state index in [2.05, 4.69) is 15.2 Å². The van der Waals surface area contributed by atoms with Crippen LogP contribution in [0, 0.1) is 5.92 Å². The third kappa shape index (κ3) is 3.91. The molecule has 3 aliphatic rings. The standard InChI is InChI=1S/C22H24ClN5O5/c23-13-9-28(17-14(29)10-32-18(13)17)22(31)15(11-4-2-1-3-5-11)16-19(20(24)30)33-21(27-16)12-6-7-25-26-8-12/h6-8,11,13,15,17-18H,1-5,9-10H2,(H2,24,30)/t13-,15-,17+,18+/m0/s1. The number of nitrogens with zero attached hydrogens (tertiary/aromatic N) is 4. The maximum atomic E-state index is 14.0. The number of Topliss-reactive ketones (excluding diaryl/α,β-unsaturated/α-hetero) is 1. The minimum absolute atomic E-state index is 0.0634. The Morgan fingerprint density at radius 2 is 2.00 bits per heavy atom. The first-order chi connectivity index (χ1) is 16.0.